The van der Waals surface area contributed by atoms with Crippen LogP contribution in [0.15, 0.2) is 58.9 Å². The number of aromatic nitrogens is 5. The molecule has 15 nitrogen and oxygen atoms in total. The van der Waals surface area contributed by atoms with E-state index in [-0.39, 0.29) is 12.1 Å². The van der Waals surface area contributed by atoms with Crippen LogP contribution in [0.4, 0.5) is 11.6 Å². The van der Waals surface area contributed by atoms with Crippen molar-refractivity contribution in [2.24, 2.45) is 11.1 Å². The molecular formula is C32H41ClN11O4+. The van der Waals surface area contributed by atoms with Gasteiger partial charge in [0, 0.05) is 42.3 Å². The molecule has 2 aliphatic rings. The van der Waals surface area contributed by atoms with Crippen molar-refractivity contribution in [1.82, 2.24) is 29.6 Å². The monoisotopic (exact) mass is 678 g/mol. The SMILES string of the molecule is C[C@@H](C[N+](C=N)=NN)Oc1cc(-c2cnc(Nc3cn(C4CCC(N5CCOCC5)CC4)nc3OCCc3ncco3)nc2)ccc1Cl. The fraction of sp³-hybridized carbons (Fsp3) is 0.469. The first-order chi connectivity index (χ1) is 23.5. The number of nitrogens with two attached hydrogens (primary N) is 1. The summed E-state index contributed by atoms with van der Waals surface area (Å²) in [7, 11) is 0. The maximum Gasteiger partial charge on any atom is 0.256 e. The summed E-state index contributed by atoms with van der Waals surface area (Å²) in [6, 6.07) is 6.34. The molecular weight excluding hydrogens is 638 g/mol. The van der Waals surface area contributed by atoms with E-state index < -0.39 is 0 Å². The smallest absolute Gasteiger partial charge is 0.256 e. The topological polar surface area (TPSA) is 178 Å². The summed E-state index contributed by atoms with van der Waals surface area (Å²) >= 11 is 6.42. The third-order valence-corrected chi connectivity index (χ3v) is 8.88. The molecule has 1 atom stereocenters. The van der Waals surface area contributed by atoms with Gasteiger partial charge in [0.05, 0.1) is 49.7 Å². The Morgan fingerprint density at radius 3 is 2.62 bits per heavy atom. The van der Waals surface area contributed by atoms with Gasteiger partial charge in [0.25, 0.3) is 5.88 Å². The molecule has 0 bridgehead atoms. The normalized spacial score (nSPS) is 19.5. The lowest BCUT2D eigenvalue weighted by atomic mass is 9.90. The molecule has 3 aromatic heterocycles. The van der Waals surface area contributed by atoms with Gasteiger partial charge in [0.2, 0.25) is 12.3 Å². The van der Waals surface area contributed by atoms with Crippen molar-refractivity contribution in [2.45, 2.75) is 57.2 Å². The van der Waals surface area contributed by atoms with Gasteiger partial charge < -0.3 is 23.9 Å². The van der Waals surface area contributed by atoms with Crippen LogP contribution in [0, 0.1) is 5.41 Å². The van der Waals surface area contributed by atoms with Gasteiger partial charge in [-0.25, -0.2) is 20.8 Å². The lowest BCUT2D eigenvalue weighted by Crippen LogP contribution is -2.45. The van der Waals surface area contributed by atoms with E-state index in [1.807, 2.05) is 29.9 Å². The number of nitrogens with one attached hydrogen (secondary N) is 2. The molecule has 2 fully saturated rings. The first-order valence-corrected chi connectivity index (χ1v) is 16.5. The molecule has 4 aromatic rings. The summed E-state index contributed by atoms with van der Waals surface area (Å²) < 4.78 is 26.4. The molecule has 254 valence electrons. The Bertz CT molecular complexity index is 1650. The zero-order chi connectivity index (χ0) is 33.3. The summed E-state index contributed by atoms with van der Waals surface area (Å²) in [5, 5.41) is 19.5. The molecule has 1 saturated heterocycles. The van der Waals surface area contributed by atoms with Crippen molar-refractivity contribution < 1.29 is 23.3 Å². The van der Waals surface area contributed by atoms with Gasteiger partial charge in [-0.1, -0.05) is 17.7 Å². The molecule has 0 radical (unpaired) electrons. The Hall–Kier alpha value is -4.60. The molecule has 4 heterocycles. The maximum absolute atomic E-state index is 7.37. The second kappa shape index (κ2) is 16.0. The van der Waals surface area contributed by atoms with Crippen molar-refractivity contribution in [1.29, 1.82) is 5.41 Å². The molecule has 0 spiro atoms. The van der Waals surface area contributed by atoms with E-state index in [2.05, 4.69) is 30.4 Å². The summed E-state index contributed by atoms with van der Waals surface area (Å²) in [5.74, 6) is 7.28. The van der Waals surface area contributed by atoms with Crippen LogP contribution in [0.1, 0.15) is 44.5 Å². The fourth-order valence-corrected chi connectivity index (χ4v) is 6.24. The standard InChI is InChI=1S/C32H40ClN11O4/c1-22(19-43(21-34)41-35)48-29-16-23(2-7-27(29)33)24-17-37-32(38-18-24)39-28-20-44(40-31(28)47-12-8-30-36-9-13-46-30)26-5-3-25(4-6-26)42-10-14-45-15-11-42/h2,7,9,13,16-18,20-22,25-26,34-35H,3-6,8,10-12,14-15,19H2,1H3,(H,37,38,39)/p+1/t22-,25?,26?/m0/s1. The second-order valence-electron chi connectivity index (χ2n) is 11.8. The molecule has 16 heteroatoms. The van der Waals surface area contributed by atoms with Crippen molar-refractivity contribution in [2.75, 3.05) is 44.8 Å². The predicted octanol–water partition coefficient (Wildman–Crippen LogP) is 4.88. The van der Waals surface area contributed by atoms with Crippen molar-refractivity contribution in [3.63, 3.8) is 0 Å². The minimum atomic E-state index is -0.332. The summed E-state index contributed by atoms with van der Waals surface area (Å²) in [4.78, 5) is 15.9. The molecule has 48 heavy (non-hydrogen) atoms. The van der Waals surface area contributed by atoms with Crippen LogP contribution < -0.4 is 20.6 Å². The van der Waals surface area contributed by atoms with Gasteiger partial charge in [-0.05, 0) is 50.3 Å². The lowest BCUT2D eigenvalue weighted by molar-refractivity contribution is -0.485. The zero-order valence-corrected chi connectivity index (χ0v) is 27.6. The number of hydrogen-bond acceptors (Lipinski definition) is 12. The van der Waals surface area contributed by atoms with E-state index in [9.17, 15) is 0 Å². The average Bonchev–Trinajstić information content (AvgIpc) is 3.79. The number of morpholine rings is 1. The Morgan fingerprint density at radius 1 is 1.15 bits per heavy atom. The van der Waals surface area contributed by atoms with E-state index in [0.29, 0.717) is 59.8 Å². The minimum absolute atomic E-state index is 0.275. The summed E-state index contributed by atoms with van der Waals surface area (Å²) in [6.07, 6.45) is 14.2. The Balaban J connectivity index is 1.14. The molecule has 0 unspecified atom stereocenters. The van der Waals surface area contributed by atoms with E-state index in [1.54, 1.807) is 30.9 Å². The van der Waals surface area contributed by atoms with Gasteiger partial charge in [-0.2, -0.15) is 5.41 Å². The van der Waals surface area contributed by atoms with E-state index in [4.69, 9.17) is 46.6 Å². The number of rotatable bonds is 14. The van der Waals surface area contributed by atoms with Crippen molar-refractivity contribution >= 4 is 29.6 Å². The highest BCUT2D eigenvalue weighted by Gasteiger charge is 2.29. The average molecular weight is 679 g/mol. The molecule has 1 aliphatic carbocycles. The van der Waals surface area contributed by atoms with Crippen LogP contribution in [0.2, 0.25) is 5.02 Å². The first-order valence-electron chi connectivity index (χ1n) is 16.1. The molecule has 1 saturated carbocycles. The summed E-state index contributed by atoms with van der Waals surface area (Å²) in [6.45, 7) is 6.15. The Labute approximate surface area is 283 Å². The summed E-state index contributed by atoms with van der Waals surface area (Å²) in [5.41, 5.74) is 2.30. The molecule has 6 rings (SSSR count). The highest BCUT2D eigenvalue weighted by atomic mass is 35.5. The number of oxazole rings is 1. The van der Waals surface area contributed by atoms with Crippen LogP contribution in [0.5, 0.6) is 11.6 Å². The fourth-order valence-electron chi connectivity index (χ4n) is 6.08. The number of benzene rings is 1. The van der Waals surface area contributed by atoms with E-state index >= 15 is 0 Å². The van der Waals surface area contributed by atoms with Gasteiger partial charge in [-0.15, -0.1) is 9.80 Å². The number of halogens is 1. The Kier molecular flexibility index (Phi) is 11.1. The van der Waals surface area contributed by atoms with E-state index in [1.165, 1.54) is 4.70 Å². The van der Waals surface area contributed by atoms with Crippen molar-refractivity contribution in [3.8, 4) is 22.8 Å². The van der Waals surface area contributed by atoms with Gasteiger partial charge in [0.15, 0.2) is 5.89 Å². The Morgan fingerprint density at radius 2 is 1.92 bits per heavy atom. The van der Waals surface area contributed by atoms with Crippen LogP contribution >= 0.6 is 11.6 Å². The quantitative estimate of drug-likeness (QED) is 0.0414. The third kappa shape index (κ3) is 8.45. The van der Waals surface area contributed by atoms with Crippen LogP contribution in [-0.4, -0.2) is 92.3 Å². The number of hydrogen-bond donors (Lipinski definition) is 3. The highest BCUT2D eigenvalue weighted by molar-refractivity contribution is 6.32. The molecule has 1 aliphatic heterocycles. The second-order valence-corrected chi connectivity index (χ2v) is 12.2. The number of anilines is 2. The first kappa shape index (κ1) is 33.3. The predicted molar refractivity (Wildman–Crippen MR) is 178 cm³/mol. The van der Waals surface area contributed by atoms with Crippen molar-refractivity contribution in [3.05, 3.63) is 60.2 Å². The van der Waals surface area contributed by atoms with Gasteiger partial charge in [0.1, 0.15) is 30.3 Å². The number of ether oxygens (including phenoxy) is 3. The van der Waals surface area contributed by atoms with E-state index in [0.717, 1.165) is 69.5 Å². The van der Waals surface area contributed by atoms with Crippen LogP contribution in [0.3, 0.4) is 0 Å². The lowest BCUT2D eigenvalue weighted by Gasteiger charge is -2.38. The maximum atomic E-state index is 7.37. The van der Waals surface area contributed by atoms with Crippen LogP contribution in [0.25, 0.3) is 11.1 Å². The van der Waals surface area contributed by atoms with Gasteiger partial charge >= 0.3 is 0 Å². The molecule has 0 amide bonds. The highest BCUT2D eigenvalue weighted by Crippen LogP contribution is 2.35. The van der Waals surface area contributed by atoms with Crippen LogP contribution in [-0.2, 0) is 11.2 Å². The van der Waals surface area contributed by atoms with Gasteiger partial charge in [-0.3, -0.25) is 9.58 Å². The minimum Gasteiger partial charge on any atom is -0.486 e. The molecule has 4 N–H and O–H groups in total. The number of nitrogens with zero attached hydrogens (tertiary/aromatic N) is 8. The largest absolute Gasteiger partial charge is 0.486 e. The molecule has 1 aromatic carbocycles. The zero-order valence-electron chi connectivity index (χ0n) is 26.9. The third-order valence-electron chi connectivity index (χ3n) is 8.57.